The molecule has 10 rings (SSSR count). The Bertz CT molecular complexity index is 3080. The Morgan fingerprint density at radius 2 is 0.941 bits per heavy atom. The van der Waals surface area contributed by atoms with Crippen molar-refractivity contribution in [1.29, 1.82) is 0 Å². The average molecular weight is 649 g/mol. The summed E-state index contributed by atoms with van der Waals surface area (Å²) in [6.45, 7) is 2.20. The predicted molar refractivity (Wildman–Crippen MR) is 218 cm³/mol. The minimum Gasteiger partial charge on any atom is -0.309 e. The second-order valence-corrected chi connectivity index (χ2v) is 13.3. The van der Waals surface area contributed by atoms with Crippen LogP contribution in [0.15, 0.2) is 164 Å². The minimum absolute atomic E-state index is 1.15. The van der Waals surface area contributed by atoms with Crippen molar-refractivity contribution in [3.8, 4) is 34.8 Å². The van der Waals surface area contributed by atoms with Gasteiger partial charge in [0.2, 0.25) is 0 Å². The van der Waals surface area contributed by atoms with Crippen LogP contribution in [-0.2, 0) is 0 Å². The number of para-hydroxylation sites is 3. The van der Waals surface area contributed by atoms with Gasteiger partial charge in [-0.3, -0.25) is 0 Å². The molecule has 0 N–H and O–H groups in total. The quantitative estimate of drug-likeness (QED) is 0.133. The number of hydrogen-bond donors (Lipinski definition) is 0. The van der Waals surface area contributed by atoms with Gasteiger partial charge in [-0.25, -0.2) is 0 Å². The van der Waals surface area contributed by atoms with Crippen LogP contribution in [0.2, 0.25) is 0 Å². The third kappa shape index (κ3) is 4.32. The molecule has 0 fully saturated rings. The first-order valence-corrected chi connectivity index (χ1v) is 17.4. The summed E-state index contributed by atoms with van der Waals surface area (Å²) in [5.74, 6) is 2.71. The number of allylic oxidation sites excluding steroid dienone is 1. The average Bonchev–Trinajstić information content (AvgIpc) is 3.71. The van der Waals surface area contributed by atoms with E-state index < -0.39 is 0 Å². The molecule has 51 heavy (non-hydrogen) atoms. The van der Waals surface area contributed by atoms with E-state index in [1.54, 1.807) is 0 Å². The van der Waals surface area contributed by atoms with E-state index in [0.717, 1.165) is 11.4 Å². The Morgan fingerprint density at radius 1 is 0.451 bits per heavy atom. The third-order valence-electron chi connectivity index (χ3n) is 10.6. The topological polar surface area (TPSA) is 9.86 Å². The van der Waals surface area contributed by atoms with E-state index in [4.69, 9.17) is 6.42 Å². The number of benzene rings is 8. The fraction of sp³-hybridized carbons (Fsp3) is 0.0204. The van der Waals surface area contributed by atoms with Crippen LogP contribution >= 0.6 is 0 Å². The number of aromatic nitrogens is 2. The second-order valence-electron chi connectivity index (χ2n) is 13.3. The van der Waals surface area contributed by atoms with Gasteiger partial charge >= 0.3 is 0 Å². The molecule has 2 heteroatoms. The maximum atomic E-state index is 5.71. The van der Waals surface area contributed by atoms with E-state index in [1.807, 2.05) is 6.08 Å². The van der Waals surface area contributed by atoms with Crippen LogP contribution in [0, 0.1) is 19.3 Å². The number of terminal acetylenes is 1. The number of rotatable bonds is 4. The van der Waals surface area contributed by atoms with Crippen molar-refractivity contribution < 1.29 is 0 Å². The lowest BCUT2D eigenvalue weighted by Gasteiger charge is -2.14. The molecule has 2 aromatic heterocycles. The summed E-state index contributed by atoms with van der Waals surface area (Å²) < 4.78 is 4.82. The molecular weight excluding hydrogens is 617 g/mol. The van der Waals surface area contributed by atoms with Crippen molar-refractivity contribution in [2.45, 2.75) is 6.92 Å². The lowest BCUT2D eigenvalue weighted by Crippen LogP contribution is -1.94. The van der Waals surface area contributed by atoms with Crippen LogP contribution in [-0.4, -0.2) is 9.13 Å². The zero-order valence-electron chi connectivity index (χ0n) is 28.1. The van der Waals surface area contributed by atoms with Gasteiger partial charge in [0, 0.05) is 32.9 Å². The van der Waals surface area contributed by atoms with Crippen LogP contribution in [0.5, 0.6) is 0 Å². The zero-order valence-corrected chi connectivity index (χ0v) is 28.1. The molecule has 2 nitrogen and oxygen atoms in total. The SMILES string of the molecule is C#C/C=C\c1c(C)c2ccccc2c2ccc(-c3ccc4c(c3)c3c5c6ccccc6n(-c6ccccc6)c5ccc3n4-c3ccccc3)cc12. The fourth-order valence-corrected chi connectivity index (χ4v) is 8.38. The predicted octanol–water partition coefficient (Wildman–Crippen LogP) is 12.8. The van der Waals surface area contributed by atoms with E-state index in [-0.39, 0.29) is 0 Å². The summed E-state index contributed by atoms with van der Waals surface area (Å²) in [7, 11) is 0. The molecule has 0 aliphatic heterocycles. The highest BCUT2D eigenvalue weighted by Gasteiger charge is 2.21. The van der Waals surface area contributed by atoms with Crippen molar-refractivity contribution >= 4 is 71.2 Å². The zero-order chi connectivity index (χ0) is 34.1. The van der Waals surface area contributed by atoms with E-state index in [1.165, 1.54) is 87.4 Å². The molecule has 0 radical (unpaired) electrons. The highest BCUT2D eigenvalue weighted by atomic mass is 15.0. The molecule has 0 bridgehead atoms. The van der Waals surface area contributed by atoms with Gasteiger partial charge in [0.25, 0.3) is 0 Å². The van der Waals surface area contributed by atoms with Gasteiger partial charge in [0.05, 0.1) is 22.1 Å². The van der Waals surface area contributed by atoms with Gasteiger partial charge in [0.1, 0.15) is 0 Å². The number of nitrogens with zero attached hydrogens (tertiary/aromatic N) is 2. The maximum absolute atomic E-state index is 5.71. The van der Waals surface area contributed by atoms with Gasteiger partial charge in [-0.15, -0.1) is 6.42 Å². The van der Waals surface area contributed by atoms with Crippen molar-refractivity contribution in [2.24, 2.45) is 0 Å². The first-order chi connectivity index (χ1) is 25.2. The first-order valence-electron chi connectivity index (χ1n) is 17.4. The highest BCUT2D eigenvalue weighted by Crippen LogP contribution is 2.44. The fourth-order valence-electron chi connectivity index (χ4n) is 8.38. The molecule has 8 aromatic carbocycles. The Morgan fingerprint density at radius 3 is 1.61 bits per heavy atom. The van der Waals surface area contributed by atoms with Crippen molar-refractivity contribution in [1.82, 2.24) is 9.13 Å². The van der Waals surface area contributed by atoms with Crippen LogP contribution in [0.1, 0.15) is 11.1 Å². The van der Waals surface area contributed by atoms with E-state index in [9.17, 15) is 0 Å². The third-order valence-corrected chi connectivity index (χ3v) is 10.6. The number of aryl methyl sites for hydroxylation is 1. The minimum atomic E-state index is 1.15. The van der Waals surface area contributed by atoms with Crippen LogP contribution in [0.3, 0.4) is 0 Å². The van der Waals surface area contributed by atoms with Crippen molar-refractivity contribution in [2.75, 3.05) is 0 Å². The molecule has 0 aliphatic carbocycles. The van der Waals surface area contributed by atoms with Crippen LogP contribution < -0.4 is 0 Å². The monoisotopic (exact) mass is 648 g/mol. The summed E-state index contributed by atoms with van der Waals surface area (Å²) in [6, 6.07) is 57.4. The van der Waals surface area contributed by atoms with Crippen molar-refractivity contribution in [3.63, 3.8) is 0 Å². The lowest BCUT2D eigenvalue weighted by molar-refractivity contribution is 1.17. The molecule has 238 valence electrons. The largest absolute Gasteiger partial charge is 0.309 e. The van der Waals surface area contributed by atoms with Crippen molar-refractivity contribution in [3.05, 3.63) is 175 Å². The van der Waals surface area contributed by atoms with Crippen LogP contribution in [0.25, 0.3) is 93.7 Å². The normalized spacial score (nSPS) is 11.9. The molecule has 10 aromatic rings. The Labute approximate surface area is 296 Å². The molecule has 2 heterocycles. The molecule has 0 saturated carbocycles. The standard InChI is InChI=1S/C49H32N2/c1-3-4-19-38-32(2)37-20-11-12-21-39(37)40-26-24-33(30-42(38)40)34-25-27-45-43(31-34)49-47(51(45)36-17-9-6-10-18-36)29-28-46-48(49)41-22-13-14-23-44(41)50(46)35-15-7-5-8-16-35/h1,4-31H,2H3/b19-4-. The summed E-state index contributed by atoms with van der Waals surface area (Å²) >= 11 is 0. The lowest BCUT2D eigenvalue weighted by atomic mass is 9.90. The van der Waals surface area contributed by atoms with Gasteiger partial charge in [-0.1, -0.05) is 103 Å². The summed E-state index contributed by atoms with van der Waals surface area (Å²) in [6.07, 6.45) is 9.61. The maximum Gasteiger partial charge on any atom is 0.0548 e. The van der Waals surface area contributed by atoms with Crippen LogP contribution in [0.4, 0.5) is 0 Å². The summed E-state index contributed by atoms with van der Waals surface area (Å²) in [5.41, 5.74) is 11.8. The molecule has 0 spiro atoms. The smallest absolute Gasteiger partial charge is 0.0548 e. The number of fused-ring (bicyclic) bond motifs is 10. The van der Waals surface area contributed by atoms with Gasteiger partial charge in [-0.05, 0) is 124 Å². The molecule has 0 saturated heterocycles. The highest BCUT2D eigenvalue weighted by molar-refractivity contribution is 6.29. The second kappa shape index (κ2) is 11.4. The summed E-state index contributed by atoms with van der Waals surface area (Å²) in [5, 5.41) is 9.96. The van der Waals surface area contributed by atoms with E-state index >= 15 is 0 Å². The number of hydrogen-bond acceptors (Lipinski definition) is 0. The summed E-state index contributed by atoms with van der Waals surface area (Å²) in [4.78, 5) is 0. The van der Waals surface area contributed by atoms with Gasteiger partial charge in [0.15, 0.2) is 0 Å². The van der Waals surface area contributed by atoms with Gasteiger partial charge in [-0.2, -0.15) is 0 Å². The molecular formula is C49H32N2. The molecule has 0 atom stereocenters. The molecule has 0 aliphatic rings. The molecule has 0 amide bonds. The Balaban J connectivity index is 1.31. The first kappa shape index (κ1) is 29.1. The van der Waals surface area contributed by atoms with E-state index in [2.05, 4.69) is 186 Å². The van der Waals surface area contributed by atoms with E-state index in [0.29, 0.717) is 0 Å². The van der Waals surface area contributed by atoms with Gasteiger partial charge < -0.3 is 9.13 Å². The molecule has 0 unspecified atom stereocenters. The Hall–Kier alpha value is -6.82. The Kier molecular flexibility index (Phi) is 6.50.